The molecule has 0 fully saturated rings. The Morgan fingerprint density at radius 2 is 2.21 bits per heavy atom. The van der Waals surface area contributed by atoms with Gasteiger partial charge in [-0.2, -0.15) is 0 Å². The van der Waals surface area contributed by atoms with Gasteiger partial charge in [0.2, 0.25) is 0 Å². The van der Waals surface area contributed by atoms with Crippen molar-refractivity contribution in [3.8, 4) is 5.75 Å². The van der Waals surface area contributed by atoms with Gasteiger partial charge in [-0.25, -0.2) is 4.39 Å². The standard InChI is InChI=1S/C11H14FNO/c1-4-11(2,13)9-6-5-8(14-3)7-10(9)12/h4-7H,1,13H2,2-3H3/t11-/m0/s1. The van der Waals surface area contributed by atoms with Crippen LogP contribution in [0.5, 0.6) is 5.75 Å². The van der Waals surface area contributed by atoms with Gasteiger partial charge in [0.1, 0.15) is 11.6 Å². The lowest BCUT2D eigenvalue weighted by molar-refractivity contribution is 0.409. The molecule has 0 bridgehead atoms. The summed E-state index contributed by atoms with van der Waals surface area (Å²) >= 11 is 0. The Hall–Kier alpha value is -1.35. The number of benzene rings is 1. The van der Waals surface area contributed by atoms with Crippen LogP contribution in [0.1, 0.15) is 12.5 Å². The Morgan fingerprint density at radius 1 is 1.57 bits per heavy atom. The first kappa shape index (κ1) is 10.7. The molecular formula is C11H14FNO. The molecule has 0 radical (unpaired) electrons. The van der Waals surface area contributed by atoms with Crippen LogP contribution < -0.4 is 10.5 Å². The van der Waals surface area contributed by atoms with Gasteiger partial charge in [0.25, 0.3) is 0 Å². The molecule has 76 valence electrons. The van der Waals surface area contributed by atoms with Gasteiger partial charge in [0.15, 0.2) is 0 Å². The average Bonchev–Trinajstić information content (AvgIpc) is 2.17. The van der Waals surface area contributed by atoms with Crippen molar-refractivity contribution in [3.63, 3.8) is 0 Å². The first-order chi connectivity index (χ1) is 6.51. The highest BCUT2D eigenvalue weighted by Crippen LogP contribution is 2.25. The van der Waals surface area contributed by atoms with Gasteiger partial charge in [0, 0.05) is 11.6 Å². The lowest BCUT2D eigenvalue weighted by atomic mass is 9.93. The highest BCUT2D eigenvalue weighted by molar-refractivity contribution is 5.35. The van der Waals surface area contributed by atoms with E-state index in [0.717, 1.165) is 0 Å². The fourth-order valence-corrected chi connectivity index (χ4v) is 1.17. The summed E-state index contributed by atoms with van der Waals surface area (Å²) in [7, 11) is 1.49. The molecule has 1 rings (SSSR count). The number of hydrogen-bond donors (Lipinski definition) is 1. The molecule has 1 aromatic carbocycles. The highest BCUT2D eigenvalue weighted by atomic mass is 19.1. The molecule has 0 spiro atoms. The van der Waals surface area contributed by atoms with Crippen LogP contribution >= 0.6 is 0 Å². The Balaban J connectivity index is 3.18. The molecule has 0 unspecified atom stereocenters. The summed E-state index contributed by atoms with van der Waals surface area (Å²) in [5.74, 6) is 0.0976. The second-order valence-corrected chi connectivity index (χ2v) is 3.33. The molecule has 0 aromatic heterocycles. The summed E-state index contributed by atoms with van der Waals surface area (Å²) in [5.41, 5.74) is 5.39. The van der Waals surface area contributed by atoms with Crippen LogP contribution in [-0.4, -0.2) is 7.11 Å². The third-order valence-electron chi connectivity index (χ3n) is 2.18. The number of halogens is 1. The van der Waals surface area contributed by atoms with E-state index in [1.165, 1.54) is 19.3 Å². The van der Waals surface area contributed by atoms with E-state index in [2.05, 4.69) is 6.58 Å². The quantitative estimate of drug-likeness (QED) is 0.750. The van der Waals surface area contributed by atoms with E-state index in [-0.39, 0.29) is 5.82 Å². The second kappa shape index (κ2) is 3.80. The lowest BCUT2D eigenvalue weighted by Crippen LogP contribution is -2.31. The number of hydrogen-bond acceptors (Lipinski definition) is 2. The minimum Gasteiger partial charge on any atom is -0.497 e. The van der Waals surface area contributed by atoms with Gasteiger partial charge >= 0.3 is 0 Å². The van der Waals surface area contributed by atoms with Crippen molar-refractivity contribution in [3.05, 3.63) is 42.2 Å². The van der Waals surface area contributed by atoms with E-state index in [4.69, 9.17) is 10.5 Å². The van der Waals surface area contributed by atoms with E-state index in [1.54, 1.807) is 19.1 Å². The molecule has 1 atom stereocenters. The molecule has 1 aromatic rings. The second-order valence-electron chi connectivity index (χ2n) is 3.33. The van der Waals surface area contributed by atoms with Crippen molar-refractivity contribution in [1.82, 2.24) is 0 Å². The van der Waals surface area contributed by atoms with Crippen LogP contribution in [0.2, 0.25) is 0 Å². The topological polar surface area (TPSA) is 35.2 Å². The summed E-state index contributed by atoms with van der Waals surface area (Å²) in [6.07, 6.45) is 1.51. The summed E-state index contributed by atoms with van der Waals surface area (Å²) in [4.78, 5) is 0. The zero-order valence-electron chi connectivity index (χ0n) is 8.38. The Morgan fingerprint density at radius 3 is 2.64 bits per heavy atom. The molecule has 0 saturated carbocycles. The van der Waals surface area contributed by atoms with Gasteiger partial charge < -0.3 is 10.5 Å². The molecule has 0 amide bonds. The Labute approximate surface area is 83.2 Å². The molecule has 0 heterocycles. The molecule has 0 aliphatic carbocycles. The van der Waals surface area contributed by atoms with Crippen LogP contribution in [0.15, 0.2) is 30.9 Å². The average molecular weight is 195 g/mol. The summed E-state index contributed by atoms with van der Waals surface area (Å²) < 4.78 is 18.4. The van der Waals surface area contributed by atoms with Gasteiger partial charge in [0.05, 0.1) is 12.6 Å². The van der Waals surface area contributed by atoms with Gasteiger partial charge in [-0.3, -0.25) is 0 Å². The minimum absolute atomic E-state index is 0.380. The fourth-order valence-electron chi connectivity index (χ4n) is 1.17. The smallest absolute Gasteiger partial charge is 0.132 e. The maximum absolute atomic E-state index is 13.5. The number of nitrogens with two attached hydrogens (primary N) is 1. The fraction of sp³-hybridized carbons (Fsp3) is 0.273. The van der Waals surface area contributed by atoms with E-state index in [1.807, 2.05) is 0 Å². The zero-order valence-corrected chi connectivity index (χ0v) is 8.38. The predicted octanol–water partition coefficient (Wildman–Crippen LogP) is 2.19. The predicted molar refractivity (Wildman–Crippen MR) is 54.7 cm³/mol. The van der Waals surface area contributed by atoms with Crippen molar-refractivity contribution in [2.75, 3.05) is 7.11 Å². The molecule has 3 heteroatoms. The van der Waals surface area contributed by atoms with Crippen molar-refractivity contribution >= 4 is 0 Å². The van der Waals surface area contributed by atoms with Crippen molar-refractivity contribution in [2.24, 2.45) is 5.73 Å². The summed E-state index contributed by atoms with van der Waals surface area (Å²) in [6.45, 7) is 5.27. The third-order valence-corrected chi connectivity index (χ3v) is 2.18. The first-order valence-corrected chi connectivity index (χ1v) is 4.27. The van der Waals surface area contributed by atoms with Crippen molar-refractivity contribution in [1.29, 1.82) is 0 Å². The first-order valence-electron chi connectivity index (χ1n) is 4.27. The Kier molecular flexibility index (Phi) is 2.91. The van der Waals surface area contributed by atoms with E-state index < -0.39 is 5.54 Å². The maximum Gasteiger partial charge on any atom is 0.132 e. The van der Waals surface area contributed by atoms with Crippen molar-refractivity contribution in [2.45, 2.75) is 12.5 Å². The lowest BCUT2D eigenvalue weighted by Gasteiger charge is -2.21. The van der Waals surface area contributed by atoms with Crippen molar-refractivity contribution < 1.29 is 9.13 Å². The Bertz CT molecular complexity index is 347. The third kappa shape index (κ3) is 1.93. The molecular weight excluding hydrogens is 181 g/mol. The molecule has 0 aliphatic rings. The van der Waals surface area contributed by atoms with Crippen LogP contribution in [0.3, 0.4) is 0 Å². The molecule has 14 heavy (non-hydrogen) atoms. The largest absolute Gasteiger partial charge is 0.497 e. The van der Waals surface area contributed by atoms with E-state index in [9.17, 15) is 4.39 Å². The molecule has 0 saturated heterocycles. The number of rotatable bonds is 3. The summed E-state index contributed by atoms with van der Waals surface area (Å²) in [6, 6.07) is 4.59. The van der Waals surface area contributed by atoms with Crippen LogP contribution in [0, 0.1) is 5.82 Å². The zero-order chi connectivity index (χ0) is 10.8. The highest BCUT2D eigenvalue weighted by Gasteiger charge is 2.20. The minimum atomic E-state index is -0.851. The van der Waals surface area contributed by atoms with Gasteiger partial charge in [-0.1, -0.05) is 12.1 Å². The molecule has 2 nitrogen and oxygen atoms in total. The van der Waals surface area contributed by atoms with E-state index in [0.29, 0.717) is 11.3 Å². The normalized spacial score (nSPS) is 14.6. The summed E-state index contributed by atoms with van der Waals surface area (Å²) in [5, 5.41) is 0. The van der Waals surface area contributed by atoms with Gasteiger partial charge in [-0.15, -0.1) is 6.58 Å². The van der Waals surface area contributed by atoms with Gasteiger partial charge in [-0.05, 0) is 13.0 Å². The number of methoxy groups -OCH3 is 1. The SMILES string of the molecule is C=C[C@](C)(N)c1ccc(OC)cc1F. The van der Waals surface area contributed by atoms with Crippen LogP contribution in [-0.2, 0) is 5.54 Å². The molecule has 0 aliphatic heterocycles. The molecule has 2 N–H and O–H groups in total. The van der Waals surface area contributed by atoms with Crippen LogP contribution in [0.4, 0.5) is 4.39 Å². The van der Waals surface area contributed by atoms with Crippen LogP contribution in [0.25, 0.3) is 0 Å². The maximum atomic E-state index is 13.5. The monoisotopic (exact) mass is 195 g/mol. The van der Waals surface area contributed by atoms with E-state index >= 15 is 0 Å². The number of ether oxygens (including phenoxy) is 1.